The molecule has 28 heavy (non-hydrogen) atoms. The molecule has 10 heteroatoms. The molecule has 144 valence electrons. The summed E-state index contributed by atoms with van der Waals surface area (Å²) in [5, 5.41) is 13.3. The molecule has 0 spiro atoms. The van der Waals surface area contributed by atoms with Crippen LogP contribution in [0.4, 0.5) is 10.3 Å². The highest BCUT2D eigenvalue weighted by atomic mass is 79.9. The van der Waals surface area contributed by atoms with Gasteiger partial charge in [0, 0.05) is 6.21 Å². The maximum Gasteiger partial charge on any atom is 0.233 e. The Kier molecular flexibility index (Phi) is 7.12. The zero-order valence-corrected chi connectivity index (χ0v) is 18.9. The number of halogens is 2. The van der Waals surface area contributed by atoms with Crippen molar-refractivity contribution in [2.45, 2.75) is 0 Å². The average molecular weight is 525 g/mol. The van der Waals surface area contributed by atoms with Crippen LogP contribution in [0.2, 0.25) is 0 Å². The summed E-state index contributed by atoms with van der Waals surface area (Å²) in [6, 6.07) is 11.4. The summed E-state index contributed by atoms with van der Waals surface area (Å²) in [6.07, 6.45) is 3.40. The summed E-state index contributed by atoms with van der Waals surface area (Å²) in [5.41, 5.74) is 4.68. The van der Waals surface area contributed by atoms with Crippen LogP contribution in [-0.4, -0.2) is 36.8 Å². The van der Waals surface area contributed by atoms with Crippen LogP contribution in [0.1, 0.15) is 11.1 Å². The SMILES string of the molecule is COc1ccc(/C=N/Nc2nnc(/N=C/c3ccc(OC)c(Br)c3)s2)cc1Br. The molecule has 7 nitrogen and oxygen atoms in total. The highest BCUT2D eigenvalue weighted by molar-refractivity contribution is 9.10. The van der Waals surface area contributed by atoms with E-state index in [0.29, 0.717) is 10.3 Å². The van der Waals surface area contributed by atoms with Crippen molar-refractivity contribution in [1.82, 2.24) is 10.2 Å². The standard InChI is InChI=1S/C18H15Br2N5O2S/c1-26-15-5-3-11(7-13(15)19)9-21-17-24-25-18(28-17)23-22-10-12-4-6-16(27-2)14(20)8-12/h3-10H,1-2H3,(H,23,25)/b21-9+,22-10+. The number of rotatable bonds is 7. The van der Waals surface area contributed by atoms with Gasteiger partial charge in [0.1, 0.15) is 11.5 Å². The number of hydrogen-bond acceptors (Lipinski definition) is 8. The number of methoxy groups -OCH3 is 2. The van der Waals surface area contributed by atoms with Gasteiger partial charge >= 0.3 is 0 Å². The normalized spacial score (nSPS) is 11.3. The fourth-order valence-corrected chi connectivity index (χ4v) is 3.79. The predicted molar refractivity (Wildman–Crippen MR) is 120 cm³/mol. The van der Waals surface area contributed by atoms with E-state index in [1.807, 2.05) is 36.4 Å². The van der Waals surface area contributed by atoms with E-state index in [1.165, 1.54) is 11.3 Å². The van der Waals surface area contributed by atoms with Crippen LogP contribution < -0.4 is 14.9 Å². The van der Waals surface area contributed by atoms with Crippen molar-refractivity contribution in [3.05, 3.63) is 56.5 Å². The number of nitrogens with one attached hydrogen (secondary N) is 1. The van der Waals surface area contributed by atoms with E-state index in [1.54, 1.807) is 26.6 Å². The molecule has 0 aliphatic carbocycles. The van der Waals surface area contributed by atoms with Crippen LogP contribution in [0.3, 0.4) is 0 Å². The summed E-state index contributed by atoms with van der Waals surface area (Å²) in [6.45, 7) is 0. The molecule has 1 heterocycles. The lowest BCUT2D eigenvalue weighted by Crippen LogP contribution is -1.91. The zero-order valence-electron chi connectivity index (χ0n) is 14.9. The molecule has 0 unspecified atom stereocenters. The lowest BCUT2D eigenvalue weighted by Gasteiger charge is -2.02. The van der Waals surface area contributed by atoms with Crippen LogP contribution in [0.5, 0.6) is 11.5 Å². The molecule has 0 bridgehead atoms. The number of aliphatic imine (C=N–C) groups is 1. The first-order valence-electron chi connectivity index (χ1n) is 7.93. The number of benzene rings is 2. The fraction of sp³-hybridized carbons (Fsp3) is 0.111. The fourth-order valence-electron chi connectivity index (χ4n) is 2.13. The van der Waals surface area contributed by atoms with Crippen LogP contribution in [0, 0.1) is 0 Å². The molecule has 2 aromatic carbocycles. The van der Waals surface area contributed by atoms with Crippen molar-refractivity contribution in [3.63, 3.8) is 0 Å². The minimum Gasteiger partial charge on any atom is -0.496 e. The molecule has 0 aliphatic heterocycles. The monoisotopic (exact) mass is 523 g/mol. The highest BCUT2D eigenvalue weighted by Gasteiger charge is 2.03. The van der Waals surface area contributed by atoms with E-state index in [2.05, 4.69) is 57.6 Å². The van der Waals surface area contributed by atoms with Crippen molar-refractivity contribution in [2.24, 2.45) is 10.1 Å². The van der Waals surface area contributed by atoms with E-state index < -0.39 is 0 Å². The third-order valence-corrected chi connectivity index (χ3v) is 5.44. The van der Waals surface area contributed by atoms with Gasteiger partial charge in [0.25, 0.3) is 0 Å². The smallest absolute Gasteiger partial charge is 0.233 e. The summed E-state index contributed by atoms with van der Waals surface area (Å²) in [7, 11) is 3.25. The largest absolute Gasteiger partial charge is 0.496 e. The Balaban J connectivity index is 1.61. The van der Waals surface area contributed by atoms with E-state index in [0.717, 1.165) is 31.6 Å². The number of hydrazone groups is 1. The van der Waals surface area contributed by atoms with Gasteiger partial charge in [-0.25, -0.2) is 4.99 Å². The lowest BCUT2D eigenvalue weighted by molar-refractivity contribution is 0.412. The first-order valence-corrected chi connectivity index (χ1v) is 10.3. The van der Waals surface area contributed by atoms with Gasteiger partial charge in [-0.3, -0.25) is 5.43 Å². The maximum absolute atomic E-state index is 5.21. The predicted octanol–water partition coefficient (Wildman–Crippen LogP) is 5.28. The third kappa shape index (κ3) is 5.37. The second-order valence-corrected chi connectivity index (χ2v) is 7.97. The van der Waals surface area contributed by atoms with E-state index >= 15 is 0 Å². The lowest BCUT2D eigenvalue weighted by atomic mass is 10.2. The van der Waals surface area contributed by atoms with Gasteiger partial charge in [-0.15, -0.1) is 10.2 Å². The molecule has 0 saturated heterocycles. The highest BCUT2D eigenvalue weighted by Crippen LogP contribution is 2.27. The van der Waals surface area contributed by atoms with Crippen LogP contribution in [0.15, 0.2) is 55.4 Å². The number of anilines is 1. The molecule has 0 amide bonds. The number of ether oxygens (including phenoxy) is 2. The molecule has 3 aromatic rings. The van der Waals surface area contributed by atoms with Crippen molar-refractivity contribution >= 4 is 65.9 Å². The minimum atomic E-state index is 0.525. The average Bonchev–Trinajstić information content (AvgIpc) is 3.14. The van der Waals surface area contributed by atoms with Crippen LogP contribution in [0.25, 0.3) is 0 Å². The molecule has 0 atom stereocenters. The molecular formula is C18H15Br2N5O2S. The number of aromatic nitrogens is 2. The van der Waals surface area contributed by atoms with E-state index in [-0.39, 0.29) is 0 Å². The number of hydrogen-bond donors (Lipinski definition) is 1. The van der Waals surface area contributed by atoms with Crippen molar-refractivity contribution in [2.75, 3.05) is 19.6 Å². The molecular weight excluding hydrogens is 510 g/mol. The summed E-state index contributed by atoms with van der Waals surface area (Å²) in [5.74, 6) is 1.53. The minimum absolute atomic E-state index is 0.525. The van der Waals surface area contributed by atoms with Gasteiger partial charge < -0.3 is 9.47 Å². The Morgan fingerprint density at radius 2 is 1.54 bits per heavy atom. The third-order valence-electron chi connectivity index (χ3n) is 3.46. The molecule has 0 radical (unpaired) electrons. The first kappa shape index (κ1) is 20.4. The maximum atomic E-state index is 5.21. The quantitative estimate of drug-likeness (QED) is 0.336. The Labute approximate surface area is 182 Å². The van der Waals surface area contributed by atoms with Crippen LogP contribution >= 0.6 is 43.2 Å². The van der Waals surface area contributed by atoms with Gasteiger partial charge in [-0.1, -0.05) is 11.3 Å². The van der Waals surface area contributed by atoms with Crippen molar-refractivity contribution in [1.29, 1.82) is 0 Å². The van der Waals surface area contributed by atoms with Gasteiger partial charge in [-0.2, -0.15) is 5.10 Å². The van der Waals surface area contributed by atoms with Crippen molar-refractivity contribution in [3.8, 4) is 11.5 Å². The van der Waals surface area contributed by atoms with Gasteiger partial charge in [0.2, 0.25) is 10.3 Å². The van der Waals surface area contributed by atoms with Crippen molar-refractivity contribution < 1.29 is 9.47 Å². The first-order chi connectivity index (χ1) is 13.6. The Bertz CT molecular complexity index is 1020. The molecule has 1 N–H and O–H groups in total. The second-order valence-electron chi connectivity index (χ2n) is 5.31. The van der Waals surface area contributed by atoms with Gasteiger partial charge in [0.15, 0.2) is 0 Å². The van der Waals surface area contributed by atoms with E-state index in [4.69, 9.17) is 9.47 Å². The molecule has 3 rings (SSSR count). The Hall–Kier alpha value is -2.30. The second kappa shape index (κ2) is 9.76. The Morgan fingerprint density at radius 3 is 2.11 bits per heavy atom. The summed E-state index contributed by atoms with van der Waals surface area (Å²) < 4.78 is 12.1. The molecule has 0 fully saturated rings. The molecule has 0 aliphatic rings. The van der Waals surface area contributed by atoms with E-state index in [9.17, 15) is 0 Å². The summed E-state index contributed by atoms with van der Waals surface area (Å²) >= 11 is 8.19. The topological polar surface area (TPSA) is 81.0 Å². The summed E-state index contributed by atoms with van der Waals surface area (Å²) in [4.78, 5) is 4.34. The van der Waals surface area contributed by atoms with Gasteiger partial charge in [0.05, 0.1) is 29.4 Å². The Morgan fingerprint density at radius 1 is 0.929 bits per heavy atom. The molecule has 0 saturated carbocycles. The zero-order chi connectivity index (χ0) is 19.9. The van der Waals surface area contributed by atoms with Crippen LogP contribution in [-0.2, 0) is 0 Å². The molecule has 1 aromatic heterocycles. The van der Waals surface area contributed by atoms with Gasteiger partial charge in [-0.05, 0) is 79.4 Å². The number of nitrogens with zero attached hydrogens (tertiary/aromatic N) is 4.